The molecule has 1 nitrogen and oxygen atoms in total. The predicted molar refractivity (Wildman–Crippen MR) is 217 cm³/mol. The van der Waals surface area contributed by atoms with Crippen LogP contribution in [0.1, 0.15) is 0 Å². The van der Waals surface area contributed by atoms with E-state index in [0.717, 1.165) is 11.4 Å². The van der Waals surface area contributed by atoms with Crippen LogP contribution in [-0.2, 0) is 0 Å². The van der Waals surface area contributed by atoms with E-state index < -0.39 is 0 Å². The Morgan fingerprint density at radius 2 is 0.860 bits per heavy atom. The summed E-state index contributed by atoms with van der Waals surface area (Å²) in [5.74, 6) is 0. The number of hydrogen-bond donors (Lipinski definition) is 0. The smallest absolute Gasteiger partial charge is 0.0561 e. The van der Waals surface area contributed by atoms with Gasteiger partial charge in [-0.15, -0.1) is 11.3 Å². The molecule has 9 aromatic carbocycles. The summed E-state index contributed by atoms with van der Waals surface area (Å²) in [5, 5.41) is 10.2. The van der Waals surface area contributed by atoms with Crippen LogP contribution in [0.3, 0.4) is 0 Å². The molecular weight excluding hydrogens is 623 g/mol. The quantitative estimate of drug-likeness (QED) is 0.167. The van der Waals surface area contributed by atoms with E-state index in [2.05, 4.69) is 193 Å². The van der Waals surface area contributed by atoms with E-state index in [-0.39, 0.29) is 0 Å². The molecule has 0 aliphatic heterocycles. The Morgan fingerprint density at radius 3 is 1.62 bits per heavy atom. The minimum Gasteiger partial charge on any atom is -0.310 e. The molecule has 0 atom stereocenters. The molecule has 0 amide bonds. The molecule has 0 saturated carbocycles. The lowest BCUT2D eigenvalue weighted by molar-refractivity contribution is 1.30. The zero-order valence-corrected chi connectivity index (χ0v) is 28.1. The first-order chi connectivity index (χ1) is 24.8. The van der Waals surface area contributed by atoms with E-state index in [9.17, 15) is 0 Å². The molecule has 0 radical (unpaired) electrons. The van der Waals surface area contributed by atoms with Crippen LogP contribution in [0.2, 0.25) is 0 Å². The van der Waals surface area contributed by atoms with Crippen molar-refractivity contribution in [2.24, 2.45) is 0 Å². The third-order valence-corrected chi connectivity index (χ3v) is 11.2. The molecule has 0 saturated heterocycles. The Bertz CT molecular complexity index is 2850. The van der Waals surface area contributed by atoms with E-state index in [1.807, 2.05) is 11.3 Å². The highest BCUT2D eigenvalue weighted by molar-refractivity contribution is 7.26. The lowest BCUT2D eigenvalue weighted by Crippen LogP contribution is -2.10. The summed E-state index contributed by atoms with van der Waals surface area (Å²) in [6.45, 7) is 0. The summed E-state index contributed by atoms with van der Waals surface area (Å²) < 4.78 is 2.63. The summed E-state index contributed by atoms with van der Waals surface area (Å²) in [4.78, 5) is 2.44. The molecule has 1 aromatic heterocycles. The fourth-order valence-corrected chi connectivity index (χ4v) is 8.83. The van der Waals surface area contributed by atoms with Gasteiger partial charge in [-0.1, -0.05) is 146 Å². The molecule has 0 spiro atoms. The molecular formula is C48H31NS. The van der Waals surface area contributed by atoms with Crippen LogP contribution in [0.25, 0.3) is 74.7 Å². The van der Waals surface area contributed by atoms with Gasteiger partial charge in [0.15, 0.2) is 0 Å². The van der Waals surface area contributed by atoms with Crippen molar-refractivity contribution in [3.63, 3.8) is 0 Å². The molecule has 0 bridgehead atoms. The van der Waals surface area contributed by atoms with Crippen LogP contribution in [0, 0.1) is 0 Å². The fraction of sp³-hybridized carbons (Fsp3) is 0. The van der Waals surface area contributed by atoms with Crippen molar-refractivity contribution in [2.45, 2.75) is 0 Å². The van der Waals surface area contributed by atoms with Gasteiger partial charge < -0.3 is 4.90 Å². The van der Waals surface area contributed by atoms with Gasteiger partial charge in [-0.25, -0.2) is 0 Å². The number of fused-ring (bicyclic) bond motifs is 8. The van der Waals surface area contributed by atoms with Crippen molar-refractivity contribution in [3.05, 3.63) is 188 Å². The maximum atomic E-state index is 2.44. The van der Waals surface area contributed by atoms with Gasteiger partial charge in [-0.2, -0.15) is 0 Å². The molecule has 0 fully saturated rings. The van der Waals surface area contributed by atoms with Gasteiger partial charge in [0.05, 0.1) is 5.69 Å². The third-order valence-electron chi connectivity index (χ3n) is 10.0. The number of benzene rings is 9. The van der Waals surface area contributed by atoms with E-state index in [1.165, 1.54) is 80.4 Å². The van der Waals surface area contributed by atoms with Gasteiger partial charge >= 0.3 is 0 Å². The van der Waals surface area contributed by atoms with Crippen LogP contribution in [0.4, 0.5) is 17.1 Å². The first kappa shape index (κ1) is 28.8. The third kappa shape index (κ3) is 4.76. The van der Waals surface area contributed by atoms with Gasteiger partial charge in [0.1, 0.15) is 0 Å². The second-order valence-corrected chi connectivity index (χ2v) is 14.0. The number of hydrogen-bond acceptors (Lipinski definition) is 2. The van der Waals surface area contributed by atoms with Gasteiger partial charge in [0, 0.05) is 31.5 Å². The molecule has 2 heteroatoms. The van der Waals surface area contributed by atoms with Crippen LogP contribution >= 0.6 is 11.3 Å². The van der Waals surface area contributed by atoms with E-state index in [0.29, 0.717) is 0 Å². The Balaban J connectivity index is 1.15. The highest BCUT2D eigenvalue weighted by Gasteiger charge is 2.21. The molecule has 0 unspecified atom stereocenters. The topological polar surface area (TPSA) is 3.24 Å². The SMILES string of the molecule is c1ccc(-c2ccc(N(c3ccc(-c4ccc5c(ccc6ccccc65)c4)cc3)c3cc4ccccc4c4sc5ccccc5c34)cc2)cc1. The summed E-state index contributed by atoms with van der Waals surface area (Å²) in [5.41, 5.74) is 8.28. The lowest BCUT2D eigenvalue weighted by Gasteiger charge is -2.27. The normalized spacial score (nSPS) is 11.6. The Kier molecular flexibility index (Phi) is 6.75. The molecule has 234 valence electrons. The average molecular weight is 654 g/mol. The van der Waals surface area contributed by atoms with Crippen molar-refractivity contribution in [1.29, 1.82) is 0 Å². The van der Waals surface area contributed by atoms with Crippen molar-refractivity contribution < 1.29 is 0 Å². The fourth-order valence-electron chi connectivity index (χ4n) is 7.57. The molecule has 1 heterocycles. The largest absolute Gasteiger partial charge is 0.310 e. The molecule has 50 heavy (non-hydrogen) atoms. The zero-order valence-electron chi connectivity index (χ0n) is 27.3. The second-order valence-electron chi connectivity index (χ2n) is 12.9. The zero-order chi connectivity index (χ0) is 33.0. The number of rotatable bonds is 5. The molecule has 10 rings (SSSR count). The van der Waals surface area contributed by atoms with Crippen molar-refractivity contribution >= 4 is 80.9 Å². The first-order valence-electron chi connectivity index (χ1n) is 17.1. The van der Waals surface area contributed by atoms with Gasteiger partial charge in [0.2, 0.25) is 0 Å². The molecule has 0 aliphatic rings. The number of thiophene rings is 1. The summed E-state index contributed by atoms with van der Waals surface area (Å²) >= 11 is 1.89. The Labute approximate surface area is 294 Å². The van der Waals surface area contributed by atoms with Gasteiger partial charge in [-0.05, 0) is 97.0 Å². The maximum Gasteiger partial charge on any atom is 0.0561 e. The Morgan fingerprint density at radius 1 is 0.340 bits per heavy atom. The number of nitrogens with zero attached hydrogens (tertiary/aromatic N) is 1. The van der Waals surface area contributed by atoms with Gasteiger partial charge in [-0.3, -0.25) is 0 Å². The molecule has 0 aliphatic carbocycles. The van der Waals surface area contributed by atoms with Crippen molar-refractivity contribution in [3.8, 4) is 22.3 Å². The van der Waals surface area contributed by atoms with Crippen LogP contribution in [-0.4, -0.2) is 0 Å². The van der Waals surface area contributed by atoms with E-state index >= 15 is 0 Å². The monoisotopic (exact) mass is 653 g/mol. The molecule has 0 N–H and O–H groups in total. The van der Waals surface area contributed by atoms with Crippen LogP contribution in [0.5, 0.6) is 0 Å². The Hall–Kier alpha value is -6.22. The minimum absolute atomic E-state index is 1.12. The second kappa shape index (κ2) is 11.7. The highest BCUT2D eigenvalue weighted by atomic mass is 32.1. The van der Waals surface area contributed by atoms with Crippen molar-refractivity contribution in [1.82, 2.24) is 0 Å². The predicted octanol–water partition coefficient (Wildman–Crippen LogP) is 14.3. The number of anilines is 3. The summed E-state index contributed by atoms with van der Waals surface area (Å²) in [6.07, 6.45) is 0. The maximum absolute atomic E-state index is 2.44. The van der Waals surface area contributed by atoms with Crippen LogP contribution < -0.4 is 4.90 Å². The van der Waals surface area contributed by atoms with Crippen molar-refractivity contribution in [2.75, 3.05) is 4.90 Å². The van der Waals surface area contributed by atoms with Gasteiger partial charge in [0.25, 0.3) is 0 Å². The highest BCUT2D eigenvalue weighted by Crippen LogP contribution is 2.48. The summed E-state index contributed by atoms with van der Waals surface area (Å²) in [7, 11) is 0. The first-order valence-corrected chi connectivity index (χ1v) is 17.9. The lowest BCUT2D eigenvalue weighted by atomic mass is 9.97. The van der Waals surface area contributed by atoms with Crippen LogP contribution in [0.15, 0.2) is 188 Å². The molecule has 10 aromatic rings. The minimum atomic E-state index is 1.12. The van der Waals surface area contributed by atoms with E-state index in [1.54, 1.807) is 0 Å². The standard InChI is InChI=1S/C48H31NS/c1-2-10-32(11-3-1)33-20-25-39(26-21-33)49(45-31-37-13-5-7-15-43(37)48-47(45)44-16-8-9-17-46(44)50-48)40-27-22-34(23-28-40)36-24-29-42-38(30-36)19-18-35-12-4-6-14-41(35)42/h1-31H. The summed E-state index contributed by atoms with van der Waals surface area (Å²) in [6, 6.07) is 68.7. The average Bonchev–Trinajstić information content (AvgIpc) is 3.59. The van der Waals surface area contributed by atoms with E-state index in [4.69, 9.17) is 0 Å².